The molecular weight excluding hydrogens is 443 g/mol. The molecule has 2 aromatic rings. The van der Waals surface area contributed by atoms with Gasteiger partial charge in [0.2, 0.25) is 15.9 Å². The second kappa shape index (κ2) is 9.34. The van der Waals surface area contributed by atoms with Crippen molar-refractivity contribution in [1.82, 2.24) is 0 Å². The van der Waals surface area contributed by atoms with Crippen molar-refractivity contribution in [3.8, 4) is 5.75 Å². The topological polar surface area (TPSA) is 102 Å². The maximum absolute atomic E-state index is 12.5. The number of methoxy groups -OCH3 is 2. The first kappa shape index (κ1) is 22.8. The van der Waals surface area contributed by atoms with Crippen LogP contribution in [0.2, 0.25) is 10.0 Å². The third-order valence-electron chi connectivity index (χ3n) is 3.77. The van der Waals surface area contributed by atoms with Crippen LogP contribution in [0.4, 0.5) is 11.4 Å². The number of carbonyl (C=O) groups is 2. The van der Waals surface area contributed by atoms with Gasteiger partial charge in [0, 0.05) is 5.69 Å². The number of halogens is 2. The Balaban J connectivity index is 2.26. The van der Waals surface area contributed by atoms with Gasteiger partial charge in [-0.25, -0.2) is 13.2 Å². The van der Waals surface area contributed by atoms with Gasteiger partial charge < -0.3 is 14.8 Å². The van der Waals surface area contributed by atoms with Gasteiger partial charge in [-0.15, -0.1) is 0 Å². The van der Waals surface area contributed by atoms with Crippen LogP contribution in [-0.2, 0) is 19.6 Å². The molecule has 0 saturated heterocycles. The van der Waals surface area contributed by atoms with Crippen LogP contribution in [0, 0.1) is 0 Å². The van der Waals surface area contributed by atoms with Crippen molar-refractivity contribution in [3.05, 3.63) is 52.0 Å². The second-order valence-corrected chi connectivity index (χ2v) is 8.54. The molecule has 0 radical (unpaired) electrons. The van der Waals surface area contributed by atoms with Crippen molar-refractivity contribution in [2.75, 3.05) is 36.6 Å². The van der Waals surface area contributed by atoms with E-state index in [1.165, 1.54) is 50.6 Å². The van der Waals surface area contributed by atoms with Gasteiger partial charge in [-0.1, -0.05) is 23.2 Å². The van der Waals surface area contributed by atoms with E-state index in [0.717, 1.165) is 10.6 Å². The van der Waals surface area contributed by atoms with Crippen molar-refractivity contribution in [2.24, 2.45) is 0 Å². The first-order valence-electron chi connectivity index (χ1n) is 8.05. The van der Waals surface area contributed by atoms with Crippen LogP contribution in [0.25, 0.3) is 0 Å². The SMILES string of the molecule is COC(=O)c1cc(NC(=O)CN(c2ccc(OC)c(Cl)c2)S(C)(=O)=O)ccc1Cl. The number of esters is 1. The number of anilines is 2. The van der Waals surface area contributed by atoms with Gasteiger partial charge in [0.25, 0.3) is 0 Å². The zero-order chi connectivity index (χ0) is 21.8. The van der Waals surface area contributed by atoms with E-state index in [0.29, 0.717) is 5.75 Å². The van der Waals surface area contributed by atoms with E-state index in [1.54, 1.807) is 0 Å². The highest BCUT2D eigenvalue weighted by Crippen LogP contribution is 2.30. The van der Waals surface area contributed by atoms with E-state index in [1.807, 2.05) is 0 Å². The molecular formula is C18H18Cl2N2O6S. The number of nitrogens with one attached hydrogen (secondary N) is 1. The monoisotopic (exact) mass is 460 g/mol. The predicted octanol–water partition coefficient (Wildman–Crippen LogP) is 3.19. The maximum Gasteiger partial charge on any atom is 0.339 e. The number of amides is 1. The first-order valence-corrected chi connectivity index (χ1v) is 10.7. The van der Waals surface area contributed by atoms with Gasteiger partial charge in [-0.2, -0.15) is 0 Å². The lowest BCUT2D eigenvalue weighted by Crippen LogP contribution is -2.37. The zero-order valence-electron chi connectivity index (χ0n) is 15.7. The lowest BCUT2D eigenvalue weighted by atomic mass is 10.2. The molecule has 0 aliphatic carbocycles. The lowest BCUT2D eigenvalue weighted by Gasteiger charge is -2.22. The number of benzene rings is 2. The van der Waals surface area contributed by atoms with Crippen molar-refractivity contribution in [1.29, 1.82) is 0 Å². The van der Waals surface area contributed by atoms with E-state index < -0.39 is 28.4 Å². The summed E-state index contributed by atoms with van der Waals surface area (Å²) in [7, 11) is -1.17. The van der Waals surface area contributed by atoms with Crippen molar-refractivity contribution < 1.29 is 27.5 Å². The smallest absolute Gasteiger partial charge is 0.339 e. The third kappa shape index (κ3) is 5.75. The van der Waals surface area contributed by atoms with Crippen LogP contribution in [0.3, 0.4) is 0 Å². The van der Waals surface area contributed by atoms with Crippen LogP contribution >= 0.6 is 23.2 Å². The Labute approximate surface area is 178 Å². The standard InChI is InChI=1S/C18H18Cl2N2O6S/c1-27-16-7-5-12(9-15(16)20)22(29(3,25)26)10-17(23)21-11-4-6-14(19)13(8-11)18(24)28-2/h4-9H,10H2,1-3H3,(H,21,23). The molecule has 1 N–H and O–H groups in total. The van der Waals surface area contributed by atoms with Gasteiger partial charge in [-0.05, 0) is 36.4 Å². The number of nitrogens with zero attached hydrogens (tertiary/aromatic N) is 1. The van der Waals surface area contributed by atoms with E-state index in [-0.39, 0.29) is 27.0 Å². The average molecular weight is 461 g/mol. The molecule has 0 bridgehead atoms. The molecule has 0 spiro atoms. The molecule has 156 valence electrons. The number of rotatable bonds is 7. The molecule has 0 atom stereocenters. The summed E-state index contributed by atoms with van der Waals surface area (Å²) >= 11 is 12.0. The highest BCUT2D eigenvalue weighted by molar-refractivity contribution is 7.92. The minimum Gasteiger partial charge on any atom is -0.495 e. The number of ether oxygens (including phenoxy) is 2. The molecule has 0 aromatic heterocycles. The Morgan fingerprint density at radius 1 is 1.07 bits per heavy atom. The molecule has 0 saturated carbocycles. The van der Waals surface area contributed by atoms with Gasteiger partial charge in [0.15, 0.2) is 0 Å². The van der Waals surface area contributed by atoms with Gasteiger partial charge >= 0.3 is 5.97 Å². The first-order chi connectivity index (χ1) is 13.6. The summed E-state index contributed by atoms with van der Waals surface area (Å²) in [5.41, 5.74) is 0.509. The summed E-state index contributed by atoms with van der Waals surface area (Å²) in [5.74, 6) is -0.943. The normalized spacial score (nSPS) is 10.9. The quantitative estimate of drug-likeness (QED) is 0.636. The summed E-state index contributed by atoms with van der Waals surface area (Å²) in [5, 5.41) is 2.88. The fourth-order valence-corrected chi connectivity index (χ4v) is 3.71. The van der Waals surface area contributed by atoms with E-state index in [2.05, 4.69) is 10.1 Å². The Hall–Kier alpha value is -2.49. The van der Waals surface area contributed by atoms with Crippen LogP contribution in [0.5, 0.6) is 5.75 Å². The van der Waals surface area contributed by atoms with E-state index >= 15 is 0 Å². The molecule has 0 fully saturated rings. The summed E-state index contributed by atoms with van der Waals surface area (Å²) < 4.78 is 35.0. The predicted molar refractivity (Wildman–Crippen MR) is 112 cm³/mol. The Bertz CT molecular complexity index is 1040. The fourth-order valence-electron chi connectivity index (χ4n) is 2.41. The summed E-state index contributed by atoms with van der Waals surface area (Å²) in [6, 6.07) is 8.57. The molecule has 0 unspecified atom stereocenters. The number of sulfonamides is 1. The minimum atomic E-state index is -3.80. The van der Waals surface area contributed by atoms with Gasteiger partial charge in [-0.3, -0.25) is 9.10 Å². The molecule has 0 aliphatic rings. The molecule has 11 heteroatoms. The zero-order valence-corrected chi connectivity index (χ0v) is 18.1. The Morgan fingerprint density at radius 2 is 1.76 bits per heavy atom. The van der Waals surface area contributed by atoms with Crippen molar-refractivity contribution in [3.63, 3.8) is 0 Å². The second-order valence-electron chi connectivity index (χ2n) is 5.82. The third-order valence-corrected chi connectivity index (χ3v) is 5.53. The van der Waals surface area contributed by atoms with Crippen LogP contribution < -0.4 is 14.4 Å². The molecule has 8 nitrogen and oxygen atoms in total. The number of hydrogen-bond acceptors (Lipinski definition) is 6. The molecule has 0 heterocycles. The molecule has 2 aromatic carbocycles. The van der Waals surface area contributed by atoms with Crippen LogP contribution in [0.15, 0.2) is 36.4 Å². The van der Waals surface area contributed by atoms with E-state index in [9.17, 15) is 18.0 Å². The highest BCUT2D eigenvalue weighted by Gasteiger charge is 2.22. The Kier molecular flexibility index (Phi) is 7.34. The number of carbonyl (C=O) groups excluding carboxylic acids is 2. The number of hydrogen-bond donors (Lipinski definition) is 1. The van der Waals surface area contributed by atoms with E-state index in [4.69, 9.17) is 27.9 Å². The largest absolute Gasteiger partial charge is 0.495 e. The average Bonchev–Trinajstić information content (AvgIpc) is 2.66. The Morgan fingerprint density at radius 3 is 2.31 bits per heavy atom. The fraction of sp³-hybridized carbons (Fsp3) is 0.222. The lowest BCUT2D eigenvalue weighted by molar-refractivity contribution is -0.114. The summed E-state index contributed by atoms with van der Waals surface area (Å²) in [6.45, 7) is -0.516. The minimum absolute atomic E-state index is 0.0638. The van der Waals surface area contributed by atoms with Gasteiger partial charge in [0.05, 0.1) is 41.8 Å². The van der Waals surface area contributed by atoms with Crippen LogP contribution in [-0.4, -0.2) is 47.3 Å². The van der Waals surface area contributed by atoms with Crippen LogP contribution in [0.1, 0.15) is 10.4 Å². The maximum atomic E-state index is 12.5. The molecule has 29 heavy (non-hydrogen) atoms. The summed E-state index contributed by atoms with van der Waals surface area (Å²) in [6.07, 6.45) is 0.968. The van der Waals surface area contributed by atoms with Crippen molar-refractivity contribution in [2.45, 2.75) is 0 Å². The molecule has 2 rings (SSSR count). The highest BCUT2D eigenvalue weighted by atomic mass is 35.5. The van der Waals surface area contributed by atoms with Gasteiger partial charge in [0.1, 0.15) is 12.3 Å². The molecule has 1 amide bonds. The van der Waals surface area contributed by atoms with Crippen molar-refractivity contribution >= 4 is 56.5 Å². The molecule has 0 aliphatic heterocycles. The summed E-state index contributed by atoms with van der Waals surface area (Å²) in [4.78, 5) is 24.2.